The molecule has 1 unspecified atom stereocenters. The van der Waals surface area contributed by atoms with Gasteiger partial charge in [0.05, 0.1) is 9.83 Å². The predicted octanol–water partition coefficient (Wildman–Crippen LogP) is 4.10. The number of hydrogen-bond donors (Lipinski definition) is 2. The number of nitrogens with one attached hydrogen (secondary N) is 1. The molecule has 0 radical (unpaired) electrons. The SMILES string of the molecule is NNC(c1cc(Br)c(Br)s1)c1c(F)cccc1F. The Bertz CT molecular complexity index is 534. The maximum atomic E-state index is 13.7. The molecule has 3 N–H and O–H groups in total. The number of rotatable bonds is 3. The van der Waals surface area contributed by atoms with E-state index in [0.717, 1.165) is 8.26 Å². The highest BCUT2D eigenvalue weighted by atomic mass is 79.9. The van der Waals surface area contributed by atoms with Gasteiger partial charge in [0.2, 0.25) is 0 Å². The Morgan fingerprint density at radius 2 is 1.83 bits per heavy atom. The molecule has 0 bridgehead atoms. The number of benzene rings is 1. The van der Waals surface area contributed by atoms with Gasteiger partial charge in [-0.05, 0) is 50.1 Å². The van der Waals surface area contributed by atoms with E-state index < -0.39 is 17.7 Å². The minimum atomic E-state index is -0.723. The van der Waals surface area contributed by atoms with E-state index in [2.05, 4.69) is 37.3 Å². The third-order valence-corrected chi connectivity index (χ3v) is 5.72. The van der Waals surface area contributed by atoms with Crippen molar-refractivity contribution in [2.45, 2.75) is 6.04 Å². The summed E-state index contributed by atoms with van der Waals surface area (Å²) in [5.41, 5.74) is 2.36. The topological polar surface area (TPSA) is 38.0 Å². The Morgan fingerprint density at radius 1 is 1.22 bits per heavy atom. The van der Waals surface area contributed by atoms with Crippen LogP contribution in [0.3, 0.4) is 0 Å². The standard InChI is InChI=1S/C11H8Br2F2N2S/c12-5-4-8(18-11(5)13)10(17-16)9-6(14)2-1-3-7(9)15/h1-4,10,17H,16H2. The van der Waals surface area contributed by atoms with Crippen molar-refractivity contribution >= 4 is 43.2 Å². The molecule has 1 heterocycles. The van der Waals surface area contributed by atoms with Crippen LogP contribution in [0, 0.1) is 11.6 Å². The van der Waals surface area contributed by atoms with Gasteiger partial charge in [0.25, 0.3) is 0 Å². The van der Waals surface area contributed by atoms with Crippen molar-refractivity contribution < 1.29 is 8.78 Å². The highest BCUT2D eigenvalue weighted by Gasteiger charge is 2.23. The van der Waals surface area contributed by atoms with E-state index in [9.17, 15) is 8.78 Å². The first kappa shape index (κ1) is 14.1. The molecule has 0 aliphatic heterocycles. The van der Waals surface area contributed by atoms with Crippen LogP contribution >= 0.6 is 43.2 Å². The molecule has 18 heavy (non-hydrogen) atoms. The van der Waals surface area contributed by atoms with Crippen LogP contribution < -0.4 is 11.3 Å². The molecule has 1 atom stereocenters. The van der Waals surface area contributed by atoms with Crippen LogP contribution in [0.2, 0.25) is 0 Å². The Balaban J connectivity index is 2.52. The van der Waals surface area contributed by atoms with Crippen LogP contribution in [0.25, 0.3) is 0 Å². The van der Waals surface area contributed by atoms with Crippen molar-refractivity contribution in [3.63, 3.8) is 0 Å². The minimum Gasteiger partial charge on any atom is -0.271 e. The fourth-order valence-electron chi connectivity index (χ4n) is 1.60. The normalized spacial score (nSPS) is 12.7. The van der Waals surface area contributed by atoms with Crippen LogP contribution in [-0.2, 0) is 0 Å². The second kappa shape index (κ2) is 5.75. The van der Waals surface area contributed by atoms with Gasteiger partial charge in [-0.1, -0.05) is 6.07 Å². The van der Waals surface area contributed by atoms with Gasteiger partial charge in [-0.3, -0.25) is 5.84 Å². The molecule has 2 nitrogen and oxygen atoms in total. The molecule has 0 saturated heterocycles. The smallest absolute Gasteiger partial charge is 0.131 e. The summed E-state index contributed by atoms with van der Waals surface area (Å²) in [7, 11) is 0. The average molecular weight is 398 g/mol. The van der Waals surface area contributed by atoms with Gasteiger partial charge in [0.15, 0.2) is 0 Å². The molecule has 0 aliphatic carbocycles. The first-order chi connectivity index (χ1) is 8.54. The summed E-state index contributed by atoms with van der Waals surface area (Å²) < 4.78 is 29.1. The summed E-state index contributed by atoms with van der Waals surface area (Å²) in [6.07, 6.45) is 0. The fourth-order valence-corrected chi connectivity index (χ4v) is 3.76. The zero-order valence-corrected chi connectivity index (χ0v) is 12.9. The van der Waals surface area contributed by atoms with E-state index in [4.69, 9.17) is 5.84 Å². The van der Waals surface area contributed by atoms with Gasteiger partial charge in [-0.15, -0.1) is 11.3 Å². The summed E-state index contributed by atoms with van der Waals surface area (Å²) in [5.74, 6) is 4.17. The molecule has 7 heteroatoms. The molecule has 0 aliphatic rings. The Labute approximate surface area is 123 Å². The number of hydrogen-bond acceptors (Lipinski definition) is 3. The second-order valence-electron chi connectivity index (χ2n) is 3.51. The molecule has 2 aromatic rings. The predicted molar refractivity (Wildman–Crippen MR) is 75.2 cm³/mol. The van der Waals surface area contributed by atoms with E-state index in [1.807, 2.05) is 0 Å². The first-order valence-electron chi connectivity index (χ1n) is 4.89. The highest BCUT2D eigenvalue weighted by Crippen LogP contribution is 2.38. The van der Waals surface area contributed by atoms with Crippen molar-refractivity contribution in [2.75, 3.05) is 0 Å². The van der Waals surface area contributed by atoms with Crippen LogP contribution in [0.4, 0.5) is 8.78 Å². The van der Waals surface area contributed by atoms with E-state index in [0.29, 0.717) is 4.88 Å². The molecule has 0 saturated carbocycles. The van der Waals surface area contributed by atoms with Gasteiger partial charge in [0, 0.05) is 14.9 Å². The average Bonchev–Trinajstić information content (AvgIpc) is 2.64. The molecule has 1 aromatic heterocycles. The van der Waals surface area contributed by atoms with E-state index in [1.165, 1.54) is 29.5 Å². The van der Waals surface area contributed by atoms with Gasteiger partial charge >= 0.3 is 0 Å². The van der Waals surface area contributed by atoms with Gasteiger partial charge in [-0.25, -0.2) is 14.2 Å². The fraction of sp³-hybridized carbons (Fsp3) is 0.0909. The molecule has 96 valence electrons. The second-order valence-corrected chi connectivity index (χ2v) is 6.76. The molecule has 0 amide bonds. The Kier molecular flexibility index (Phi) is 4.50. The Morgan fingerprint density at radius 3 is 2.28 bits per heavy atom. The summed E-state index contributed by atoms with van der Waals surface area (Å²) >= 11 is 8.02. The zero-order valence-electron chi connectivity index (χ0n) is 8.88. The van der Waals surface area contributed by atoms with E-state index in [1.54, 1.807) is 6.07 Å². The lowest BCUT2D eigenvalue weighted by atomic mass is 10.0. The van der Waals surface area contributed by atoms with Crippen molar-refractivity contribution in [3.8, 4) is 0 Å². The third kappa shape index (κ3) is 2.65. The monoisotopic (exact) mass is 396 g/mol. The lowest BCUT2D eigenvalue weighted by Gasteiger charge is -2.16. The maximum Gasteiger partial charge on any atom is 0.131 e. The summed E-state index contributed by atoms with van der Waals surface area (Å²) in [6, 6.07) is 4.78. The summed E-state index contributed by atoms with van der Waals surface area (Å²) in [4.78, 5) is 0.709. The van der Waals surface area contributed by atoms with E-state index in [-0.39, 0.29) is 5.56 Å². The number of halogens is 4. The van der Waals surface area contributed by atoms with Crippen molar-refractivity contribution in [3.05, 3.63) is 54.6 Å². The van der Waals surface area contributed by atoms with Crippen LogP contribution in [0.1, 0.15) is 16.5 Å². The van der Waals surface area contributed by atoms with Gasteiger partial charge in [0.1, 0.15) is 11.6 Å². The Hall–Kier alpha value is -0.340. The summed E-state index contributed by atoms with van der Waals surface area (Å²) in [6.45, 7) is 0. The lowest BCUT2D eigenvalue weighted by molar-refractivity contribution is 0.513. The minimum absolute atomic E-state index is 0.0822. The molecule has 0 fully saturated rings. The van der Waals surface area contributed by atoms with Crippen LogP contribution in [-0.4, -0.2) is 0 Å². The van der Waals surface area contributed by atoms with Gasteiger partial charge < -0.3 is 0 Å². The first-order valence-corrected chi connectivity index (χ1v) is 7.29. The number of nitrogens with two attached hydrogens (primary N) is 1. The number of thiophene rings is 1. The van der Waals surface area contributed by atoms with Gasteiger partial charge in [-0.2, -0.15) is 0 Å². The molecule has 0 spiro atoms. The molecule has 1 aromatic carbocycles. The molecular formula is C11H8Br2F2N2S. The largest absolute Gasteiger partial charge is 0.271 e. The highest BCUT2D eigenvalue weighted by molar-refractivity contribution is 9.13. The third-order valence-electron chi connectivity index (χ3n) is 2.40. The number of hydrazine groups is 1. The maximum absolute atomic E-state index is 13.7. The van der Waals surface area contributed by atoms with E-state index >= 15 is 0 Å². The molecular weight excluding hydrogens is 390 g/mol. The summed E-state index contributed by atoms with van der Waals surface area (Å²) in [5, 5.41) is 0. The van der Waals surface area contributed by atoms with Crippen LogP contribution in [0.5, 0.6) is 0 Å². The van der Waals surface area contributed by atoms with Crippen LogP contribution in [0.15, 0.2) is 32.5 Å². The van der Waals surface area contributed by atoms with Crippen molar-refractivity contribution in [1.29, 1.82) is 0 Å². The van der Waals surface area contributed by atoms with Crippen molar-refractivity contribution in [1.82, 2.24) is 5.43 Å². The zero-order chi connectivity index (χ0) is 13.3. The van der Waals surface area contributed by atoms with Crippen molar-refractivity contribution in [2.24, 2.45) is 5.84 Å². The quantitative estimate of drug-likeness (QED) is 0.604. The lowest BCUT2D eigenvalue weighted by Crippen LogP contribution is -2.29. The molecule has 2 rings (SSSR count).